The van der Waals surface area contributed by atoms with Crippen LogP contribution in [0, 0.1) is 5.82 Å². The van der Waals surface area contributed by atoms with Crippen molar-refractivity contribution in [3.63, 3.8) is 0 Å². The van der Waals surface area contributed by atoms with Gasteiger partial charge in [-0.15, -0.1) is 0 Å². The van der Waals surface area contributed by atoms with Gasteiger partial charge in [0.1, 0.15) is 11.6 Å². The van der Waals surface area contributed by atoms with Gasteiger partial charge < -0.3 is 14.2 Å². The number of halogens is 2. The third-order valence-corrected chi connectivity index (χ3v) is 4.20. The highest BCUT2D eigenvalue weighted by atomic mass is 79.9. The Morgan fingerprint density at radius 1 is 0.905 bits per heavy atom. The standard InChI is InChI=1S/C16H16BrFO3/c1-19-11-5-6-12(13(18)9-11)16(17)10-4-7-14(20-2)15(8-10)21-3/h4-9,16H,1-3H3. The molecule has 0 aliphatic rings. The fourth-order valence-corrected chi connectivity index (χ4v) is 2.69. The molecule has 1 unspecified atom stereocenters. The highest BCUT2D eigenvalue weighted by Gasteiger charge is 2.17. The van der Waals surface area contributed by atoms with Crippen LogP contribution in [-0.4, -0.2) is 21.3 Å². The third kappa shape index (κ3) is 3.29. The molecular formula is C16H16BrFO3. The fraction of sp³-hybridized carbons (Fsp3) is 0.250. The minimum atomic E-state index is -0.328. The molecule has 2 aromatic rings. The van der Waals surface area contributed by atoms with E-state index in [4.69, 9.17) is 14.2 Å². The lowest BCUT2D eigenvalue weighted by molar-refractivity contribution is 0.354. The molecule has 0 aromatic heterocycles. The summed E-state index contributed by atoms with van der Waals surface area (Å²) < 4.78 is 29.6. The van der Waals surface area contributed by atoms with E-state index in [1.807, 2.05) is 12.1 Å². The van der Waals surface area contributed by atoms with Crippen LogP contribution in [-0.2, 0) is 0 Å². The first kappa shape index (κ1) is 15.6. The molecule has 0 radical (unpaired) electrons. The van der Waals surface area contributed by atoms with E-state index in [-0.39, 0.29) is 10.6 Å². The predicted octanol–water partition coefficient (Wildman–Crippen LogP) is 4.34. The van der Waals surface area contributed by atoms with Crippen LogP contribution >= 0.6 is 15.9 Å². The Morgan fingerprint density at radius 2 is 1.62 bits per heavy atom. The lowest BCUT2D eigenvalue weighted by atomic mass is 10.0. The van der Waals surface area contributed by atoms with Crippen molar-refractivity contribution < 1.29 is 18.6 Å². The van der Waals surface area contributed by atoms with E-state index in [1.54, 1.807) is 32.4 Å². The van der Waals surface area contributed by atoms with E-state index >= 15 is 0 Å². The molecule has 0 saturated carbocycles. The number of hydrogen-bond acceptors (Lipinski definition) is 3. The summed E-state index contributed by atoms with van der Waals surface area (Å²) in [5.41, 5.74) is 1.40. The maximum atomic E-state index is 14.1. The Kier molecular flexibility index (Phi) is 5.07. The first-order valence-electron chi connectivity index (χ1n) is 6.30. The first-order chi connectivity index (χ1) is 10.1. The molecule has 1 atom stereocenters. The topological polar surface area (TPSA) is 27.7 Å². The summed E-state index contributed by atoms with van der Waals surface area (Å²) in [5.74, 6) is 1.40. The number of hydrogen-bond donors (Lipinski definition) is 0. The third-order valence-electron chi connectivity index (χ3n) is 3.18. The quantitative estimate of drug-likeness (QED) is 0.747. The summed E-state index contributed by atoms with van der Waals surface area (Å²) >= 11 is 3.52. The summed E-state index contributed by atoms with van der Waals surface area (Å²) in [6.07, 6.45) is 0. The molecule has 21 heavy (non-hydrogen) atoms. The molecule has 112 valence electrons. The van der Waals surface area contributed by atoms with Crippen molar-refractivity contribution in [1.29, 1.82) is 0 Å². The van der Waals surface area contributed by atoms with Gasteiger partial charge in [0.2, 0.25) is 0 Å². The van der Waals surface area contributed by atoms with E-state index in [1.165, 1.54) is 13.2 Å². The van der Waals surface area contributed by atoms with Gasteiger partial charge in [-0.05, 0) is 23.8 Å². The van der Waals surface area contributed by atoms with Gasteiger partial charge in [0, 0.05) is 11.6 Å². The summed E-state index contributed by atoms with van der Waals surface area (Å²) in [6.45, 7) is 0. The van der Waals surface area contributed by atoms with Crippen molar-refractivity contribution in [2.24, 2.45) is 0 Å². The second kappa shape index (κ2) is 6.80. The second-order valence-corrected chi connectivity index (χ2v) is 5.28. The van der Waals surface area contributed by atoms with Crippen molar-refractivity contribution >= 4 is 15.9 Å². The number of methoxy groups -OCH3 is 3. The average molecular weight is 355 g/mol. The summed E-state index contributed by atoms with van der Waals surface area (Å²) in [5, 5.41) is 0. The number of ether oxygens (including phenoxy) is 3. The zero-order valence-electron chi connectivity index (χ0n) is 12.0. The molecule has 0 aliphatic heterocycles. The van der Waals surface area contributed by atoms with Crippen LogP contribution in [0.3, 0.4) is 0 Å². The molecule has 3 nitrogen and oxygen atoms in total. The van der Waals surface area contributed by atoms with Crippen molar-refractivity contribution in [1.82, 2.24) is 0 Å². The molecule has 0 spiro atoms. The van der Waals surface area contributed by atoms with Gasteiger partial charge in [-0.25, -0.2) is 4.39 Å². The maximum absolute atomic E-state index is 14.1. The largest absolute Gasteiger partial charge is 0.497 e. The Bertz CT molecular complexity index is 631. The van der Waals surface area contributed by atoms with Gasteiger partial charge in [0.25, 0.3) is 0 Å². The van der Waals surface area contributed by atoms with Gasteiger partial charge in [-0.1, -0.05) is 28.1 Å². The van der Waals surface area contributed by atoms with Crippen LogP contribution in [0.2, 0.25) is 0 Å². The molecule has 5 heteroatoms. The van der Waals surface area contributed by atoms with Crippen LogP contribution in [0.5, 0.6) is 17.2 Å². The lowest BCUT2D eigenvalue weighted by Crippen LogP contribution is -1.99. The molecule has 0 N–H and O–H groups in total. The van der Waals surface area contributed by atoms with Crippen molar-refractivity contribution in [2.45, 2.75) is 4.83 Å². The van der Waals surface area contributed by atoms with Crippen LogP contribution in [0.25, 0.3) is 0 Å². The van der Waals surface area contributed by atoms with Crippen LogP contribution in [0.4, 0.5) is 4.39 Å². The van der Waals surface area contributed by atoms with Crippen molar-refractivity contribution in [3.05, 3.63) is 53.3 Å². The minimum absolute atomic E-state index is 0.289. The van der Waals surface area contributed by atoms with Crippen LogP contribution < -0.4 is 14.2 Å². The maximum Gasteiger partial charge on any atom is 0.161 e. The minimum Gasteiger partial charge on any atom is -0.497 e. The summed E-state index contributed by atoms with van der Waals surface area (Å²) in [7, 11) is 4.65. The number of benzene rings is 2. The van der Waals surface area contributed by atoms with E-state index in [0.717, 1.165) is 5.56 Å². The zero-order chi connectivity index (χ0) is 15.4. The molecule has 0 bridgehead atoms. The van der Waals surface area contributed by atoms with Gasteiger partial charge >= 0.3 is 0 Å². The van der Waals surface area contributed by atoms with E-state index in [2.05, 4.69) is 15.9 Å². The summed E-state index contributed by atoms with van der Waals surface area (Å²) in [4.78, 5) is -0.289. The molecule has 0 amide bonds. The Morgan fingerprint density at radius 3 is 2.19 bits per heavy atom. The Labute approximate surface area is 131 Å². The van der Waals surface area contributed by atoms with E-state index in [0.29, 0.717) is 22.8 Å². The highest BCUT2D eigenvalue weighted by molar-refractivity contribution is 9.09. The molecule has 2 rings (SSSR count). The van der Waals surface area contributed by atoms with E-state index in [9.17, 15) is 4.39 Å². The monoisotopic (exact) mass is 354 g/mol. The zero-order valence-corrected chi connectivity index (χ0v) is 13.6. The smallest absolute Gasteiger partial charge is 0.161 e. The average Bonchev–Trinajstić information content (AvgIpc) is 2.53. The fourth-order valence-electron chi connectivity index (χ4n) is 2.03. The number of alkyl halides is 1. The second-order valence-electron chi connectivity index (χ2n) is 4.36. The normalized spacial score (nSPS) is 11.9. The van der Waals surface area contributed by atoms with Crippen LogP contribution in [0.1, 0.15) is 16.0 Å². The molecular weight excluding hydrogens is 339 g/mol. The molecule has 0 fully saturated rings. The molecule has 2 aromatic carbocycles. The van der Waals surface area contributed by atoms with Gasteiger partial charge in [0.05, 0.1) is 26.2 Å². The van der Waals surface area contributed by atoms with Crippen LogP contribution in [0.15, 0.2) is 36.4 Å². The SMILES string of the molecule is COc1ccc(C(Br)c2ccc(OC)c(OC)c2)c(F)c1. The molecule has 0 aliphatic carbocycles. The number of rotatable bonds is 5. The molecule has 0 heterocycles. The predicted molar refractivity (Wildman–Crippen MR) is 83.3 cm³/mol. The Balaban J connectivity index is 2.37. The highest BCUT2D eigenvalue weighted by Crippen LogP contribution is 2.37. The first-order valence-corrected chi connectivity index (χ1v) is 7.21. The lowest BCUT2D eigenvalue weighted by Gasteiger charge is -2.15. The van der Waals surface area contributed by atoms with Gasteiger partial charge in [-0.2, -0.15) is 0 Å². The van der Waals surface area contributed by atoms with Gasteiger partial charge in [-0.3, -0.25) is 0 Å². The summed E-state index contributed by atoms with van der Waals surface area (Å²) in [6, 6.07) is 10.3. The van der Waals surface area contributed by atoms with E-state index < -0.39 is 0 Å². The van der Waals surface area contributed by atoms with Crippen molar-refractivity contribution in [3.8, 4) is 17.2 Å². The Hall–Kier alpha value is -1.75. The van der Waals surface area contributed by atoms with Gasteiger partial charge in [0.15, 0.2) is 11.5 Å². The van der Waals surface area contributed by atoms with Crippen molar-refractivity contribution in [2.75, 3.05) is 21.3 Å². The molecule has 0 saturated heterocycles.